The number of sulfone groups is 1. The summed E-state index contributed by atoms with van der Waals surface area (Å²) in [5.41, 5.74) is 7.80. The Balaban J connectivity index is 2.22. The van der Waals surface area contributed by atoms with E-state index in [9.17, 15) is 13.2 Å². The molecule has 1 aliphatic rings. The second-order valence-electron chi connectivity index (χ2n) is 5.03. The molecule has 0 aliphatic carbocycles. The zero-order chi connectivity index (χ0) is 14.2. The molecule has 1 saturated heterocycles. The molecule has 1 aliphatic heterocycles. The van der Waals surface area contributed by atoms with Crippen LogP contribution in [0.4, 0.5) is 5.69 Å². The van der Waals surface area contributed by atoms with Crippen LogP contribution in [0.5, 0.6) is 0 Å². The topological polar surface area (TPSA) is 80.5 Å². The van der Waals surface area contributed by atoms with Gasteiger partial charge in [0.25, 0.3) is 5.91 Å². The first-order valence-corrected chi connectivity index (χ1v) is 8.00. The lowest BCUT2D eigenvalue weighted by atomic mass is 10.1. The first kappa shape index (κ1) is 13.9. The molecule has 1 unspecified atom stereocenters. The van der Waals surface area contributed by atoms with E-state index in [1.165, 1.54) is 0 Å². The highest BCUT2D eigenvalue weighted by Gasteiger charge is 2.31. The summed E-state index contributed by atoms with van der Waals surface area (Å²) in [7, 11) is -3.01. The summed E-state index contributed by atoms with van der Waals surface area (Å²) in [6.07, 6.45) is 0. The van der Waals surface area contributed by atoms with Gasteiger partial charge in [-0.1, -0.05) is 6.07 Å². The van der Waals surface area contributed by atoms with E-state index >= 15 is 0 Å². The van der Waals surface area contributed by atoms with Crippen LogP contribution in [0.1, 0.15) is 22.8 Å². The molecule has 1 heterocycles. The SMILES string of the molecule is Cc1ccc(C(=O)N2CCS(=O)(=O)CC2C)cc1N. The summed E-state index contributed by atoms with van der Waals surface area (Å²) >= 11 is 0. The Labute approximate surface area is 113 Å². The Morgan fingerprint density at radius 1 is 1.42 bits per heavy atom. The van der Waals surface area contributed by atoms with Gasteiger partial charge in [0.2, 0.25) is 0 Å². The normalized spacial score (nSPS) is 22.2. The number of anilines is 1. The number of hydrogen-bond donors (Lipinski definition) is 1. The number of amides is 1. The van der Waals surface area contributed by atoms with Crippen LogP contribution in [-0.4, -0.2) is 43.3 Å². The molecule has 1 aromatic rings. The van der Waals surface area contributed by atoms with Crippen molar-refractivity contribution in [3.8, 4) is 0 Å². The van der Waals surface area contributed by atoms with Crippen molar-refractivity contribution in [2.45, 2.75) is 19.9 Å². The van der Waals surface area contributed by atoms with Crippen molar-refractivity contribution in [1.29, 1.82) is 0 Å². The average molecular weight is 282 g/mol. The highest BCUT2D eigenvalue weighted by Crippen LogP contribution is 2.18. The Morgan fingerprint density at radius 2 is 2.11 bits per heavy atom. The lowest BCUT2D eigenvalue weighted by molar-refractivity contribution is 0.0712. The van der Waals surface area contributed by atoms with E-state index in [1.54, 1.807) is 30.0 Å². The summed E-state index contributed by atoms with van der Waals surface area (Å²) in [5.74, 6) is -0.0982. The lowest BCUT2D eigenvalue weighted by Gasteiger charge is -2.33. The van der Waals surface area contributed by atoms with Gasteiger partial charge in [0, 0.05) is 23.8 Å². The fourth-order valence-corrected chi connectivity index (χ4v) is 3.80. The first-order chi connectivity index (χ1) is 8.80. The molecule has 0 spiro atoms. The molecule has 1 fully saturated rings. The van der Waals surface area contributed by atoms with Crippen LogP contribution in [0.2, 0.25) is 0 Å². The highest BCUT2D eigenvalue weighted by molar-refractivity contribution is 7.91. The van der Waals surface area contributed by atoms with E-state index in [-0.39, 0.29) is 30.0 Å². The van der Waals surface area contributed by atoms with E-state index in [0.717, 1.165) is 5.56 Å². The number of nitrogens with zero attached hydrogens (tertiary/aromatic N) is 1. The largest absolute Gasteiger partial charge is 0.398 e. The molecular formula is C13H18N2O3S. The molecule has 0 radical (unpaired) electrons. The molecule has 1 atom stereocenters. The van der Waals surface area contributed by atoms with E-state index in [1.807, 2.05) is 6.92 Å². The van der Waals surface area contributed by atoms with Crippen molar-refractivity contribution in [1.82, 2.24) is 4.90 Å². The maximum Gasteiger partial charge on any atom is 0.254 e. The molecule has 2 N–H and O–H groups in total. The molecule has 104 valence electrons. The predicted molar refractivity (Wildman–Crippen MR) is 74.7 cm³/mol. The minimum atomic E-state index is -3.01. The van der Waals surface area contributed by atoms with Gasteiger partial charge in [-0.05, 0) is 31.5 Å². The molecule has 19 heavy (non-hydrogen) atoms. The second kappa shape index (κ2) is 4.85. The third kappa shape index (κ3) is 2.89. The molecule has 2 rings (SSSR count). The zero-order valence-electron chi connectivity index (χ0n) is 11.1. The number of nitrogen functional groups attached to an aromatic ring is 1. The van der Waals surface area contributed by atoms with E-state index in [0.29, 0.717) is 11.3 Å². The minimum absolute atomic E-state index is 0.0279. The fourth-order valence-electron chi connectivity index (χ4n) is 2.24. The van der Waals surface area contributed by atoms with Crippen LogP contribution >= 0.6 is 0 Å². The van der Waals surface area contributed by atoms with Crippen molar-refractivity contribution in [3.05, 3.63) is 29.3 Å². The highest BCUT2D eigenvalue weighted by atomic mass is 32.2. The molecule has 0 bridgehead atoms. The fraction of sp³-hybridized carbons (Fsp3) is 0.462. The lowest BCUT2D eigenvalue weighted by Crippen LogP contribution is -2.49. The van der Waals surface area contributed by atoms with Crippen molar-refractivity contribution in [2.75, 3.05) is 23.8 Å². The Morgan fingerprint density at radius 3 is 2.68 bits per heavy atom. The van der Waals surface area contributed by atoms with Crippen LogP contribution in [0.15, 0.2) is 18.2 Å². The third-order valence-electron chi connectivity index (χ3n) is 3.46. The van der Waals surface area contributed by atoms with Crippen molar-refractivity contribution >= 4 is 21.4 Å². The van der Waals surface area contributed by atoms with E-state index in [2.05, 4.69) is 0 Å². The molecule has 6 heteroatoms. The minimum Gasteiger partial charge on any atom is -0.398 e. The van der Waals surface area contributed by atoms with Crippen LogP contribution in [0, 0.1) is 6.92 Å². The Kier molecular flexibility index (Phi) is 3.54. The number of carbonyl (C=O) groups excluding carboxylic acids is 1. The van der Waals surface area contributed by atoms with Gasteiger partial charge in [0.1, 0.15) is 0 Å². The number of rotatable bonds is 1. The molecule has 0 aromatic heterocycles. The van der Waals surface area contributed by atoms with Crippen LogP contribution < -0.4 is 5.73 Å². The molecule has 0 saturated carbocycles. The van der Waals surface area contributed by atoms with Gasteiger partial charge in [0.05, 0.1) is 11.5 Å². The molecular weight excluding hydrogens is 264 g/mol. The average Bonchev–Trinajstić information content (AvgIpc) is 2.31. The quantitative estimate of drug-likeness (QED) is 0.774. The summed E-state index contributed by atoms with van der Waals surface area (Å²) in [6.45, 7) is 3.88. The smallest absolute Gasteiger partial charge is 0.254 e. The van der Waals surface area contributed by atoms with Gasteiger partial charge >= 0.3 is 0 Å². The molecule has 1 aromatic carbocycles. The third-order valence-corrected chi connectivity index (χ3v) is 5.25. The number of benzene rings is 1. The zero-order valence-corrected chi connectivity index (χ0v) is 11.9. The summed E-state index contributed by atoms with van der Waals surface area (Å²) in [5, 5.41) is 0. The monoisotopic (exact) mass is 282 g/mol. The van der Waals surface area contributed by atoms with Gasteiger partial charge < -0.3 is 10.6 Å². The Bertz CT molecular complexity index is 610. The predicted octanol–water partition coefficient (Wildman–Crippen LogP) is 0.836. The van der Waals surface area contributed by atoms with Gasteiger partial charge in [0.15, 0.2) is 9.84 Å². The summed E-state index contributed by atoms with van der Waals surface area (Å²) in [6, 6.07) is 4.87. The van der Waals surface area contributed by atoms with Gasteiger partial charge in [-0.2, -0.15) is 0 Å². The maximum absolute atomic E-state index is 12.4. The molecule has 1 amide bonds. The maximum atomic E-state index is 12.4. The first-order valence-electron chi connectivity index (χ1n) is 6.18. The van der Waals surface area contributed by atoms with Crippen LogP contribution in [-0.2, 0) is 9.84 Å². The number of aryl methyl sites for hydroxylation is 1. The number of hydrogen-bond acceptors (Lipinski definition) is 4. The van der Waals surface area contributed by atoms with Crippen LogP contribution in [0.3, 0.4) is 0 Å². The standard InChI is InChI=1S/C13H18N2O3S/c1-9-3-4-11(7-12(9)14)13(16)15-5-6-19(17,18)8-10(15)2/h3-4,7,10H,5-6,8,14H2,1-2H3. The van der Waals surface area contributed by atoms with Gasteiger partial charge in [-0.3, -0.25) is 4.79 Å². The number of carbonyl (C=O) groups is 1. The van der Waals surface area contributed by atoms with Crippen molar-refractivity contribution in [3.63, 3.8) is 0 Å². The van der Waals surface area contributed by atoms with E-state index in [4.69, 9.17) is 5.73 Å². The van der Waals surface area contributed by atoms with Gasteiger partial charge in [-0.25, -0.2) is 8.42 Å². The summed E-state index contributed by atoms with van der Waals surface area (Å²) < 4.78 is 23.0. The van der Waals surface area contributed by atoms with Gasteiger partial charge in [-0.15, -0.1) is 0 Å². The summed E-state index contributed by atoms with van der Waals surface area (Å²) in [4.78, 5) is 14.0. The van der Waals surface area contributed by atoms with Crippen molar-refractivity contribution < 1.29 is 13.2 Å². The number of nitrogens with two attached hydrogens (primary N) is 1. The van der Waals surface area contributed by atoms with E-state index < -0.39 is 9.84 Å². The molecule has 5 nitrogen and oxygen atoms in total. The Hall–Kier alpha value is -1.56. The second-order valence-corrected chi connectivity index (χ2v) is 7.26. The van der Waals surface area contributed by atoms with Crippen LogP contribution in [0.25, 0.3) is 0 Å². The van der Waals surface area contributed by atoms with Crippen molar-refractivity contribution in [2.24, 2.45) is 0 Å².